The largest absolute Gasteiger partial charge is 0.435 e. The minimum Gasteiger partial charge on any atom is -0.435 e. The third kappa shape index (κ3) is 3.23. The van der Waals surface area contributed by atoms with E-state index in [1.54, 1.807) is 12.1 Å². The quantitative estimate of drug-likeness (QED) is 0.768. The number of ether oxygens (including phenoxy) is 1. The average molecular weight is 316 g/mol. The fourth-order valence-corrected chi connectivity index (χ4v) is 2.06. The van der Waals surface area contributed by atoms with Crippen molar-refractivity contribution in [1.29, 1.82) is 0 Å². The van der Waals surface area contributed by atoms with Gasteiger partial charge in [-0.15, -0.1) is 0 Å². The van der Waals surface area contributed by atoms with Crippen molar-refractivity contribution < 1.29 is 13.5 Å². The van der Waals surface area contributed by atoms with E-state index < -0.39 is 6.61 Å². The number of hydrogen-bond acceptors (Lipinski definition) is 1. The molecule has 0 amide bonds. The van der Waals surface area contributed by atoms with Crippen molar-refractivity contribution in [2.75, 3.05) is 0 Å². The Balaban J connectivity index is 2.86. The average Bonchev–Trinajstić information content (AvgIpc) is 2.07. The van der Waals surface area contributed by atoms with Gasteiger partial charge in [-0.05, 0) is 23.8 Å². The molecule has 13 heavy (non-hydrogen) atoms. The van der Waals surface area contributed by atoms with Gasteiger partial charge in [-0.1, -0.05) is 31.9 Å². The summed E-state index contributed by atoms with van der Waals surface area (Å²) in [5.74, 6) is 0.174. The molecule has 1 aromatic rings. The molecule has 0 atom stereocenters. The third-order valence-electron chi connectivity index (χ3n) is 1.39. The van der Waals surface area contributed by atoms with Crippen molar-refractivity contribution in [2.24, 2.45) is 0 Å². The summed E-state index contributed by atoms with van der Waals surface area (Å²) in [5.41, 5.74) is 0.873. The lowest BCUT2D eigenvalue weighted by Gasteiger charge is -2.06. The molecular weight excluding hydrogens is 310 g/mol. The first-order valence-corrected chi connectivity index (χ1v) is 5.34. The molecule has 0 heterocycles. The molecule has 0 spiro atoms. The summed E-state index contributed by atoms with van der Waals surface area (Å²) in [6, 6.07) is 4.72. The molecule has 0 aromatic heterocycles. The van der Waals surface area contributed by atoms with E-state index in [1.807, 2.05) is 0 Å². The van der Waals surface area contributed by atoms with Crippen molar-refractivity contribution in [1.82, 2.24) is 0 Å². The van der Waals surface area contributed by atoms with Crippen molar-refractivity contribution in [2.45, 2.75) is 11.9 Å². The lowest BCUT2D eigenvalue weighted by Crippen LogP contribution is -2.02. The van der Waals surface area contributed by atoms with E-state index in [0.717, 1.165) is 10.0 Å². The molecule has 0 N–H and O–H groups in total. The maximum absolute atomic E-state index is 11.8. The SMILES string of the molecule is FC(F)Oc1ccc(Br)c(CBr)c1. The molecule has 1 aromatic carbocycles. The molecule has 0 saturated carbocycles. The van der Waals surface area contributed by atoms with Crippen LogP contribution in [0.15, 0.2) is 22.7 Å². The zero-order valence-corrected chi connectivity index (χ0v) is 9.61. The van der Waals surface area contributed by atoms with Crippen LogP contribution in [-0.2, 0) is 5.33 Å². The van der Waals surface area contributed by atoms with E-state index in [9.17, 15) is 8.78 Å². The minimum atomic E-state index is -2.77. The van der Waals surface area contributed by atoms with Crippen molar-refractivity contribution >= 4 is 31.9 Å². The van der Waals surface area contributed by atoms with Gasteiger partial charge >= 0.3 is 6.61 Å². The Labute approximate surface area is 91.3 Å². The highest BCUT2D eigenvalue weighted by molar-refractivity contribution is 9.10. The second kappa shape index (κ2) is 4.91. The van der Waals surface area contributed by atoms with Gasteiger partial charge in [-0.2, -0.15) is 8.78 Å². The van der Waals surface area contributed by atoms with Crippen LogP contribution in [0.4, 0.5) is 8.78 Å². The van der Waals surface area contributed by atoms with Gasteiger partial charge in [0, 0.05) is 9.80 Å². The van der Waals surface area contributed by atoms with Crippen LogP contribution < -0.4 is 4.74 Å². The Hall–Kier alpha value is -0.160. The highest BCUT2D eigenvalue weighted by Gasteiger charge is 2.06. The van der Waals surface area contributed by atoms with Gasteiger partial charge in [0.1, 0.15) is 5.75 Å². The molecular formula is C8H6Br2F2O. The van der Waals surface area contributed by atoms with Gasteiger partial charge in [-0.3, -0.25) is 0 Å². The van der Waals surface area contributed by atoms with Gasteiger partial charge < -0.3 is 4.74 Å². The Morgan fingerprint density at radius 2 is 2.08 bits per heavy atom. The Kier molecular flexibility index (Phi) is 4.12. The highest BCUT2D eigenvalue weighted by atomic mass is 79.9. The van der Waals surface area contributed by atoms with Crippen molar-refractivity contribution in [3.63, 3.8) is 0 Å². The van der Waals surface area contributed by atoms with Gasteiger partial charge in [0.15, 0.2) is 0 Å². The monoisotopic (exact) mass is 314 g/mol. The minimum absolute atomic E-state index is 0.174. The lowest BCUT2D eigenvalue weighted by atomic mass is 10.2. The molecule has 0 unspecified atom stereocenters. The van der Waals surface area contributed by atoms with Crippen molar-refractivity contribution in [3.8, 4) is 5.75 Å². The number of rotatable bonds is 3. The van der Waals surface area contributed by atoms with Gasteiger partial charge in [0.25, 0.3) is 0 Å². The molecule has 0 aliphatic heterocycles. The van der Waals surface area contributed by atoms with Crippen LogP contribution >= 0.6 is 31.9 Å². The lowest BCUT2D eigenvalue weighted by molar-refractivity contribution is -0.0498. The maximum Gasteiger partial charge on any atom is 0.387 e. The maximum atomic E-state index is 11.8. The molecule has 0 radical (unpaired) electrons. The number of alkyl halides is 3. The number of hydrogen-bond donors (Lipinski definition) is 0. The summed E-state index contributed by atoms with van der Waals surface area (Å²) < 4.78 is 28.7. The summed E-state index contributed by atoms with van der Waals surface area (Å²) in [7, 11) is 0. The fourth-order valence-electron chi connectivity index (χ4n) is 0.830. The first-order chi connectivity index (χ1) is 6.13. The van der Waals surface area contributed by atoms with Crippen LogP contribution in [0.1, 0.15) is 5.56 Å². The third-order valence-corrected chi connectivity index (χ3v) is 2.76. The Morgan fingerprint density at radius 1 is 1.38 bits per heavy atom. The molecule has 72 valence electrons. The van der Waals surface area contributed by atoms with Crippen LogP contribution in [0.5, 0.6) is 5.75 Å². The van der Waals surface area contributed by atoms with Crippen molar-refractivity contribution in [3.05, 3.63) is 28.2 Å². The van der Waals surface area contributed by atoms with Crippen LogP contribution in [0.3, 0.4) is 0 Å². The molecule has 1 rings (SSSR count). The van der Waals surface area contributed by atoms with Crippen LogP contribution in [0, 0.1) is 0 Å². The molecule has 5 heteroatoms. The fraction of sp³-hybridized carbons (Fsp3) is 0.250. The summed E-state index contributed by atoms with van der Waals surface area (Å²) in [4.78, 5) is 0. The van der Waals surface area contributed by atoms with Gasteiger partial charge in [0.05, 0.1) is 0 Å². The van der Waals surface area contributed by atoms with E-state index in [0.29, 0.717) is 5.33 Å². The van der Waals surface area contributed by atoms with Crippen LogP contribution in [-0.4, -0.2) is 6.61 Å². The molecule has 0 saturated heterocycles. The summed E-state index contributed by atoms with van der Waals surface area (Å²) in [6.45, 7) is -2.77. The second-order valence-corrected chi connectivity index (χ2v) is 3.68. The Bertz CT molecular complexity index is 291. The molecule has 0 fully saturated rings. The number of halogens is 4. The molecule has 1 nitrogen and oxygen atoms in total. The topological polar surface area (TPSA) is 9.23 Å². The van der Waals surface area contributed by atoms with E-state index in [-0.39, 0.29) is 5.75 Å². The predicted octanol–water partition coefficient (Wildman–Crippen LogP) is 3.95. The zero-order chi connectivity index (χ0) is 9.84. The highest BCUT2D eigenvalue weighted by Crippen LogP contribution is 2.25. The smallest absolute Gasteiger partial charge is 0.387 e. The standard InChI is InChI=1S/C8H6Br2F2O/c9-4-5-3-6(13-8(11)12)1-2-7(5)10/h1-3,8H,4H2. The van der Waals surface area contributed by atoms with Gasteiger partial charge in [0.2, 0.25) is 0 Å². The molecule has 0 aliphatic rings. The first-order valence-electron chi connectivity index (χ1n) is 3.42. The van der Waals surface area contributed by atoms with E-state index in [1.165, 1.54) is 6.07 Å². The zero-order valence-electron chi connectivity index (χ0n) is 6.44. The Morgan fingerprint density at radius 3 is 2.62 bits per heavy atom. The summed E-state index contributed by atoms with van der Waals surface area (Å²) in [5, 5.41) is 0.591. The predicted molar refractivity (Wildman–Crippen MR) is 53.4 cm³/mol. The van der Waals surface area contributed by atoms with Crippen LogP contribution in [0.2, 0.25) is 0 Å². The normalized spacial score (nSPS) is 10.5. The van der Waals surface area contributed by atoms with Crippen LogP contribution in [0.25, 0.3) is 0 Å². The van der Waals surface area contributed by atoms with E-state index in [4.69, 9.17) is 0 Å². The van der Waals surface area contributed by atoms with E-state index >= 15 is 0 Å². The first kappa shape index (κ1) is 10.9. The van der Waals surface area contributed by atoms with E-state index in [2.05, 4.69) is 36.6 Å². The molecule has 0 aliphatic carbocycles. The number of benzene rings is 1. The molecule has 0 bridgehead atoms. The van der Waals surface area contributed by atoms with Gasteiger partial charge in [-0.25, -0.2) is 0 Å². The summed E-state index contributed by atoms with van der Waals surface area (Å²) in [6.07, 6.45) is 0. The summed E-state index contributed by atoms with van der Waals surface area (Å²) >= 11 is 6.52. The second-order valence-electron chi connectivity index (χ2n) is 2.27.